The van der Waals surface area contributed by atoms with Gasteiger partial charge in [-0.25, -0.2) is 0 Å². The van der Waals surface area contributed by atoms with Crippen molar-refractivity contribution in [2.75, 3.05) is 41.5 Å². The minimum Gasteiger partial charge on any atom is -0.379 e. The Morgan fingerprint density at radius 3 is 2.40 bits per heavy atom. The Morgan fingerprint density at radius 1 is 0.884 bits per heavy atom. The molecule has 43 heavy (non-hydrogen) atoms. The minimum absolute atomic E-state index is 0.0192. The molecule has 0 bridgehead atoms. The highest BCUT2D eigenvalue weighted by atomic mass is 16.5. The predicted octanol–water partition coefficient (Wildman–Crippen LogP) is 1.50. The first-order chi connectivity index (χ1) is 20.9. The largest absolute Gasteiger partial charge is 0.379 e. The molecule has 2 amide bonds. The number of fused-ring (bicyclic) bond motifs is 5. The molecule has 0 aromatic rings. The standard InChI is InChI=1S/C33H55N3O7/c1-18(32(37)35-14-12-19-6-10-25(39-2)27(16-19)41-4)43-20-7-9-24-23(17-20)21-13-15-34-29-22-8-11-26(40-3)31(42-5)28(22)33(38)36(24)30(21)29/h18-31,34H,6-17H2,1-5H3,(H,35,37)/p+1/t18-,19?,20?,21?,22?,23?,24?,25?,26?,27?,28?,29?,30?,31?/m0/s1. The van der Waals surface area contributed by atoms with Crippen molar-refractivity contribution in [1.29, 1.82) is 0 Å². The summed E-state index contributed by atoms with van der Waals surface area (Å²) in [6.07, 6.45) is 9.62. The maximum atomic E-state index is 14.3. The van der Waals surface area contributed by atoms with Crippen molar-refractivity contribution in [3.05, 3.63) is 0 Å². The predicted molar refractivity (Wildman–Crippen MR) is 159 cm³/mol. The fourth-order valence-corrected chi connectivity index (χ4v) is 10.5. The van der Waals surface area contributed by atoms with Crippen LogP contribution >= 0.6 is 0 Å². The smallest absolute Gasteiger partial charge is 0.248 e. The number of amides is 2. The van der Waals surface area contributed by atoms with E-state index in [2.05, 4.69) is 15.5 Å². The topological polar surface area (TPSA) is 112 Å². The van der Waals surface area contributed by atoms with Gasteiger partial charge in [0.15, 0.2) is 0 Å². The number of carbonyl (C=O) groups excluding carboxylic acids is 2. The summed E-state index contributed by atoms with van der Waals surface area (Å²) in [5.74, 6) is 2.00. The molecule has 3 heterocycles. The highest BCUT2D eigenvalue weighted by molar-refractivity contribution is 5.82. The molecule has 6 aliphatic rings. The number of rotatable bonds is 10. The first-order valence-electron chi connectivity index (χ1n) is 17.1. The van der Waals surface area contributed by atoms with Gasteiger partial charge in [-0.15, -0.1) is 0 Å². The van der Waals surface area contributed by atoms with Crippen molar-refractivity contribution in [3.8, 4) is 0 Å². The number of quaternary nitrogens is 1. The van der Waals surface area contributed by atoms with Crippen molar-refractivity contribution in [3.63, 3.8) is 0 Å². The van der Waals surface area contributed by atoms with E-state index in [1.54, 1.807) is 28.4 Å². The van der Waals surface area contributed by atoms with Crippen LogP contribution in [0.1, 0.15) is 71.1 Å². The van der Waals surface area contributed by atoms with Gasteiger partial charge in [-0.1, -0.05) is 0 Å². The third kappa shape index (κ3) is 5.89. The molecule has 0 radical (unpaired) electrons. The molecule has 13 unspecified atom stereocenters. The molecular weight excluding hydrogens is 550 g/mol. The van der Waals surface area contributed by atoms with Gasteiger partial charge in [0.2, 0.25) is 11.8 Å². The Bertz CT molecular complexity index is 984. The number of nitrogens with two attached hydrogens (primary N) is 1. The Labute approximate surface area is 257 Å². The van der Waals surface area contributed by atoms with E-state index in [1.807, 2.05) is 6.92 Å². The number of nitrogens with zero attached hydrogens (tertiary/aromatic N) is 1. The lowest BCUT2D eigenvalue weighted by atomic mass is 9.64. The summed E-state index contributed by atoms with van der Waals surface area (Å²) in [6.45, 7) is 3.67. The molecule has 6 rings (SSSR count). The Kier molecular flexibility index (Phi) is 10.0. The van der Waals surface area contributed by atoms with E-state index in [-0.39, 0.29) is 48.4 Å². The molecule has 3 saturated carbocycles. The van der Waals surface area contributed by atoms with Gasteiger partial charge < -0.3 is 39.2 Å². The van der Waals surface area contributed by atoms with E-state index >= 15 is 0 Å². The first kappa shape index (κ1) is 31.7. The van der Waals surface area contributed by atoms with Gasteiger partial charge in [0.1, 0.15) is 12.1 Å². The summed E-state index contributed by atoms with van der Waals surface area (Å²) in [6, 6.07) is 1.02. The summed E-state index contributed by atoms with van der Waals surface area (Å²) < 4.78 is 29.4. The summed E-state index contributed by atoms with van der Waals surface area (Å²) >= 11 is 0. The number of nitrogens with one attached hydrogen (secondary N) is 1. The molecule has 10 nitrogen and oxygen atoms in total. The average Bonchev–Trinajstić information content (AvgIpc) is 3.37. The Balaban J connectivity index is 1.04. The normalized spacial score (nSPS) is 44.7. The number of methoxy groups -OCH3 is 4. The van der Waals surface area contributed by atoms with E-state index in [9.17, 15) is 9.59 Å². The van der Waals surface area contributed by atoms with Crippen molar-refractivity contribution < 1.29 is 38.6 Å². The number of ether oxygens (including phenoxy) is 5. The SMILES string of the molecule is COC1CCC(CCNC(=O)[C@H](C)OC2CCC3C(C2)C2CC[NH2+]C4C5CCC(OC)C(OC)C5C(=O)N3C24)CC1OC. The van der Waals surface area contributed by atoms with Gasteiger partial charge in [0.25, 0.3) is 0 Å². The van der Waals surface area contributed by atoms with Crippen LogP contribution in [0.25, 0.3) is 0 Å². The Hall–Kier alpha value is -1.30. The van der Waals surface area contributed by atoms with Crippen LogP contribution < -0.4 is 10.6 Å². The van der Waals surface area contributed by atoms with Crippen LogP contribution in [0, 0.1) is 29.6 Å². The highest BCUT2D eigenvalue weighted by Crippen LogP contribution is 2.53. The van der Waals surface area contributed by atoms with Crippen molar-refractivity contribution >= 4 is 11.8 Å². The van der Waals surface area contributed by atoms with Crippen molar-refractivity contribution in [2.45, 2.75) is 126 Å². The van der Waals surface area contributed by atoms with E-state index < -0.39 is 6.10 Å². The fraction of sp³-hybridized carbons (Fsp3) is 0.939. The molecule has 14 atom stereocenters. The van der Waals surface area contributed by atoms with Crippen LogP contribution in [0.5, 0.6) is 0 Å². The molecule has 3 aliphatic carbocycles. The van der Waals surface area contributed by atoms with E-state index in [4.69, 9.17) is 23.7 Å². The van der Waals surface area contributed by atoms with E-state index in [1.165, 1.54) is 0 Å². The summed E-state index contributed by atoms with van der Waals surface area (Å²) in [5, 5.41) is 5.67. The first-order valence-corrected chi connectivity index (χ1v) is 17.1. The second-order valence-corrected chi connectivity index (χ2v) is 14.3. The third-order valence-electron chi connectivity index (χ3n) is 12.5. The Morgan fingerprint density at radius 2 is 1.65 bits per heavy atom. The average molecular weight is 607 g/mol. The molecule has 10 heteroatoms. The minimum atomic E-state index is -0.480. The zero-order valence-electron chi connectivity index (χ0n) is 27.0. The van der Waals surface area contributed by atoms with Crippen LogP contribution in [-0.4, -0.2) is 113 Å². The molecule has 0 spiro atoms. The van der Waals surface area contributed by atoms with Gasteiger partial charge in [-0.3, -0.25) is 9.59 Å². The number of carbonyl (C=O) groups is 2. The molecule has 244 valence electrons. The fourth-order valence-electron chi connectivity index (χ4n) is 10.5. The second kappa shape index (κ2) is 13.6. The van der Waals surface area contributed by atoms with Crippen LogP contribution in [0.3, 0.4) is 0 Å². The van der Waals surface area contributed by atoms with Crippen LogP contribution in [0.15, 0.2) is 0 Å². The second-order valence-electron chi connectivity index (χ2n) is 14.3. The quantitative estimate of drug-likeness (QED) is 0.388. The lowest BCUT2D eigenvalue weighted by molar-refractivity contribution is -0.713. The molecular formula is C33H56N3O7+. The lowest BCUT2D eigenvalue weighted by Gasteiger charge is -2.53. The van der Waals surface area contributed by atoms with Crippen LogP contribution in [0.4, 0.5) is 0 Å². The third-order valence-corrected chi connectivity index (χ3v) is 12.5. The molecule has 6 fully saturated rings. The van der Waals surface area contributed by atoms with Gasteiger partial charge in [0, 0.05) is 53.4 Å². The van der Waals surface area contributed by atoms with E-state index in [0.29, 0.717) is 48.2 Å². The molecule has 0 aromatic carbocycles. The number of hydrogen-bond acceptors (Lipinski definition) is 7. The van der Waals surface area contributed by atoms with Gasteiger partial charge in [-0.2, -0.15) is 0 Å². The molecule has 0 aromatic heterocycles. The molecule has 3 aliphatic heterocycles. The zero-order valence-corrected chi connectivity index (χ0v) is 27.0. The van der Waals surface area contributed by atoms with Crippen molar-refractivity contribution in [2.24, 2.45) is 29.6 Å². The summed E-state index contributed by atoms with van der Waals surface area (Å²) in [7, 11) is 7.00. The monoisotopic (exact) mass is 606 g/mol. The maximum absolute atomic E-state index is 14.3. The lowest BCUT2D eigenvalue weighted by Crippen LogP contribution is -2.99. The van der Waals surface area contributed by atoms with Crippen LogP contribution in [-0.2, 0) is 33.3 Å². The van der Waals surface area contributed by atoms with Gasteiger partial charge in [-0.05, 0) is 82.5 Å². The summed E-state index contributed by atoms with van der Waals surface area (Å²) in [4.78, 5) is 29.6. The number of hydrogen-bond donors (Lipinski definition) is 2. The highest BCUT2D eigenvalue weighted by Gasteiger charge is 2.66. The van der Waals surface area contributed by atoms with Crippen molar-refractivity contribution in [1.82, 2.24) is 10.2 Å². The maximum Gasteiger partial charge on any atom is 0.248 e. The molecule has 3 saturated heterocycles. The van der Waals surface area contributed by atoms with Gasteiger partial charge >= 0.3 is 0 Å². The number of piperidine rings is 2. The van der Waals surface area contributed by atoms with E-state index in [0.717, 1.165) is 70.8 Å². The van der Waals surface area contributed by atoms with Gasteiger partial charge in [0.05, 0.1) is 49.0 Å². The van der Waals surface area contributed by atoms with Crippen LogP contribution in [0.2, 0.25) is 0 Å². The summed E-state index contributed by atoms with van der Waals surface area (Å²) in [5.41, 5.74) is 0. The zero-order chi connectivity index (χ0) is 30.2. The molecule has 3 N–H and O–H groups in total.